The van der Waals surface area contributed by atoms with Gasteiger partial charge in [-0.1, -0.05) is 33.6 Å². The largest absolute Gasteiger partial charge is 0.330 e. The molecule has 0 spiro atoms. The topological polar surface area (TPSA) is 29.3 Å². The molecule has 1 fully saturated rings. The van der Waals surface area contributed by atoms with Crippen molar-refractivity contribution in [2.45, 2.75) is 58.9 Å². The molecule has 0 aromatic rings. The molecule has 16 heavy (non-hydrogen) atoms. The number of rotatable bonds is 6. The molecule has 96 valence electrons. The summed E-state index contributed by atoms with van der Waals surface area (Å²) in [6.07, 6.45) is 6.70. The first-order valence-electron chi connectivity index (χ1n) is 7.17. The molecule has 1 heterocycles. The molecule has 2 nitrogen and oxygen atoms in total. The molecule has 0 aromatic carbocycles. The number of hydrogen-bond donors (Lipinski definition) is 1. The van der Waals surface area contributed by atoms with Crippen LogP contribution in [0.4, 0.5) is 0 Å². The van der Waals surface area contributed by atoms with Crippen LogP contribution in [0, 0.1) is 11.8 Å². The molecule has 0 saturated carbocycles. The fourth-order valence-electron chi connectivity index (χ4n) is 2.90. The average Bonchev–Trinajstić information content (AvgIpc) is 2.32. The highest BCUT2D eigenvalue weighted by molar-refractivity contribution is 4.82. The minimum atomic E-state index is 0.726. The summed E-state index contributed by atoms with van der Waals surface area (Å²) in [6.45, 7) is 10.4. The van der Waals surface area contributed by atoms with Gasteiger partial charge in [-0.3, -0.25) is 0 Å². The van der Waals surface area contributed by atoms with Crippen molar-refractivity contribution in [2.75, 3.05) is 19.6 Å². The van der Waals surface area contributed by atoms with Crippen molar-refractivity contribution in [1.82, 2.24) is 4.90 Å². The van der Waals surface area contributed by atoms with Gasteiger partial charge in [0.15, 0.2) is 0 Å². The van der Waals surface area contributed by atoms with E-state index in [0.717, 1.165) is 24.4 Å². The minimum absolute atomic E-state index is 0.726. The van der Waals surface area contributed by atoms with E-state index in [1.165, 1.54) is 45.2 Å². The second-order valence-corrected chi connectivity index (χ2v) is 5.46. The van der Waals surface area contributed by atoms with Crippen molar-refractivity contribution < 1.29 is 0 Å². The molecule has 0 bridgehead atoms. The Labute approximate surface area is 102 Å². The SMILES string of the molecule is CCCCC(CC)N1CCC(C)C(CN)C1. The normalized spacial score (nSPS) is 29.2. The van der Waals surface area contributed by atoms with Crippen LogP contribution in [0.25, 0.3) is 0 Å². The fourth-order valence-corrected chi connectivity index (χ4v) is 2.90. The van der Waals surface area contributed by atoms with Gasteiger partial charge in [-0.05, 0) is 44.2 Å². The lowest BCUT2D eigenvalue weighted by atomic mass is 9.86. The number of piperidine rings is 1. The zero-order valence-electron chi connectivity index (χ0n) is 11.4. The number of nitrogens with zero attached hydrogens (tertiary/aromatic N) is 1. The van der Waals surface area contributed by atoms with Crippen LogP contribution < -0.4 is 5.73 Å². The molecule has 2 N–H and O–H groups in total. The van der Waals surface area contributed by atoms with Crippen LogP contribution in [0.5, 0.6) is 0 Å². The van der Waals surface area contributed by atoms with Gasteiger partial charge in [0.05, 0.1) is 0 Å². The maximum absolute atomic E-state index is 5.87. The van der Waals surface area contributed by atoms with Gasteiger partial charge in [0.2, 0.25) is 0 Å². The Morgan fingerprint density at radius 3 is 2.69 bits per heavy atom. The molecule has 2 heteroatoms. The lowest BCUT2D eigenvalue weighted by Crippen LogP contribution is -2.47. The zero-order chi connectivity index (χ0) is 12.0. The molecule has 0 radical (unpaired) electrons. The van der Waals surface area contributed by atoms with E-state index < -0.39 is 0 Å². The number of hydrogen-bond acceptors (Lipinski definition) is 2. The van der Waals surface area contributed by atoms with E-state index in [1.54, 1.807) is 0 Å². The van der Waals surface area contributed by atoms with Crippen LogP contribution in [0.15, 0.2) is 0 Å². The summed E-state index contributed by atoms with van der Waals surface area (Å²) in [5.74, 6) is 1.55. The highest BCUT2D eigenvalue weighted by Gasteiger charge is 2.28. The van der Waals surface area contributed by atoms with Crippen LogP contribution in [-0.2, 0) is 0 Å². The van der Waals surface area contributed by atoms with Gasteiger partial charge in [-0.25, -0.2) is 0 Å². The van der Waals surface area contributed by atoms with Crippen LogP contribution in [-0.4, -0.2) is 30.6 Å². The fraction of sp³-hybridized carbons (Fsp3) is 1.00. The van der Waals surface area contributed by atoms with E-state index in [9.17, 15) is 0 Å². The molecular formula is C14H30N2. The first-order valence-corrected chi connectivity index (χ1v) is 7.17. The molecule has 1 saturated heterocycles. The number of nitrogens with two attached hydrogens (primary N) is 1. The van der Waals surface area contributed by atoms with Crippen LogP contribution in [0.1, 0.15) is 52.9 Å². The third-order valence-corrected chi connectivity index (χ3v) is 4.33. The Bertz CT molecular complexity index is 182. The first-order chi connectivity index (χ1) is 7.72. The lowest BCUT2D eigenvalue weighted by molar-refractivity contribution is 0.0836. The summed E-state index contributed by atoms with van der Waals surface area (Å²) in [6, 6.07) is 0.807. The van der Waals surface area contributed by atoms with Crippen molar-refractivity contribution >= 4 is 0 Å². The van der Waals surface area contributed by atoms with E-state index in [-0.39, 0.29) is 0 Å². The van der Waals surface area contributed by atoms with Crippen molar-refractivity contribution in [2.24, 2.45) is 17.6 Å². The van der Waals surface area contributed by atoms with Gasteiger partial charge in [-0.15, -0.1) is 0 Å². The summed E-state index contributed by atoms with van der Waals surface area (Å²) < 4.78 is 0. The molecule has 1 aliphatic heterocycles. The van der Waals surface area contributed by atoms with Gasteiger partial charge in [0.1, 0.15) is 0 Å². The first kappa shape index (κ1) is 14.0. The molecule has 0 aliphatic carbocycles. The van der Waals surface area contributed by atoms with Gasteiger partial charge in [0.25, 0.3) is 0 Å². The van der Waals surface area contributed by atoms with Crippen LogP contribution in [0.3, 0.4) is 0 Å². The van der Waals surface area contributed by atoms with E-state index in [4.69, 9.17) is 5.73 Å². The molecule has 1 aliphatic rings. The third-order valence-electron chi connectivity index (χ3n) is 4.33. The Morgan fingerprint density at radius 1 is 1.38 bits per heavy atom. The molecular weight excluding hydrogens is 196 g/mol. The number of likely N-dealkylation sites (tertiary alicyclic amines) is 1. The van der Waals surface area contributed by atoms with Gasteiger partial charge >= 0.3 is 0 Å². The van der Waals surface area contributed by atoms with Gasteiger partial charge in [0, 0.05) is 12.6 Å². The Morgan fingerprint density at radius 2 is 2.12 bits per heavy atom. The molecule has 0 amide bonds. The lowest BCUT2D eigenvalue weighted by Gasteiger charge is -2.41. The van der Waals surface area contributed by atoms with Gasteiger partial charge in [-0.2, -0.15) is 0 Å². The third kappa shape index (κ3) is 3.74. The van der Waals surface area contributed by atoms with Crippen LogP contribution in [0.2, 0.25) is 0 Å². The summed E-state index contributed by atoms with van der Waals surface area (Å²) in [4.78, 5) is 2.70. The summed E-state index contributed by atoms with van der Waals surface area (Å²) in [5, 5.41) is 0. The van der Waals surface area contributed by atoms with Crippen molar-refractivity contribution in [3.63, 3.8) is 0 Å². The second-order valence-electron chi connectivity index (χ2n) is 5.46. The van der Waals surface area contributed by atoms with Crippen molar-refractivity contribution in [1.29, 1.82) is 0 Å². The highest BCUT2D eigenvalue weighted by atomic mass is 15.2. The van der Waals surface area contributed by atoms with E-state index in [0.29, 0.717) is 0 Å². The smallest absolute Gasteiger partial charge is 0.00927 e. The molecule has 1 rings (SSSR count). The maximum atomic E-state index is 5.87. The van der Waals surface area contributed by atoms with Crippen molar-refractivity contribution in [3.8, 4) is 0 Å². The Balaban J connectivity index is 2.45. The molecule has 0 aromatic heterocycles. The van der Waals surface area contributed by atoms with E-state index >= 15 is 0 Å². The summed E-state index contributed by atoms with van der Waals surface area (Å²) in [7, 11) is 0. The standard InChI is InChI=1S/C14H30N2/c1-4-6-7-14(5-2)16-9-8-12(3)13(10-15)11-16/h12-14H,4-11,15H2,1-3H3. The summed E-state index contributed by atoms with van der Waals surface area (Å²) in [5.41, 5.74) is 5.87. The predicted molar refractivity (Wildman–Crippen MR) is 71.5 cm³/mol. The van der Waals surface area contributed by atoms with E-state index in [1.807, 2.05) is 0 Å². The monoisotopic (exact) mass is 226 g/mol. The Hall–Kier alpha value is -0.0800. The second kappa shape index (κ2) is 7.29. The summed E-state index contributed by atoms with van der Waals surface area (Å²) >= 11 is 0. The molecule has 3 atom stereocenters. The average molecular weight is 226 g/mol. The van der Waals surface area contributed by atoms with E-state index in [2.05, 4.69) is 25.7 Å². The Kier molecular flexibility index (Phi) is 6.37. The predicted octanol–water partition coefficient (Wildman–Crippen LogP) is 2.87. The quantitative estimate of drug-likeness (QED) is 0.754. The minimum Gasteiger partial charge on any atom is -0.330 e. The van der Waals surface area contributed by atoms with Crippen molar-refractivity contribution in [3.05, 3.63) is 0 Å². The van der Waals surface area contributed by atoms with Crippen LogP contribution >= 0.6 is 0 Å². The maximum Gasteiger partial charge on any atom is 0.00927 e. The molecule has 3 unspecified atom stereocenters. The van der Waals surface area contributed by atoms with Gasteiger partial charge < -0.3 is 10.6 Å². The number of unbranched alkanes of at least 4 members (excludes halogenated alkanes) is 1. The highest BCUT2D eigenvalue weighted by Crippen LogP contribution is 2.25. The zero-order valence-corrected chi connectivity index (χ0v) is 11.4.